The van der Waals surface area contributed by atoms with Crippen molar-refractivity contribution in [2.24, 2.45) is 0 Å². The Bertz CT molecular complexity index is 1300. The Balaban J connectivity index is 1.55. The second-order valence-corrected chi connectivity index (χ2v) is 10.3. The lowest BCUT2D eigenvalue weighted by Crippen LogP contribution is -2.33. The van der Waals surface area contributed by atoms with Crippen LogP contribution in [0, 0.1) is 13.8 Å². The van der Waals surface area contributed by atoms with Gasteiger partial charge in [-0.25, -0.2) is 0 Å². The third kappa shape index (κ3) is 5.87. The number of carbonyl (C=O) groups is 3. The molecule has 0 spiro atoms. The van der Waals surface area contributed by atoms with Crippen LogP contribution in [0.3, 0.4) is 0 Å². The standard InChI is InChI=1S/C27H27N3O4S2/c1-17-7-8-20(16-18(17)2)28-23-24(27(33)30(26(23)32)13-5-14-34-3)36-21-11-9-19(10-12-21)29-25(31)22-6-4-15-35-22/h4,6-12,15-16,28H,5,13-14H2,1-3H3,(H,29,31). The van der Waals surface area contributed by atoms with Gasteiger partial charge in [-0.2, -0.15) is 0 Å². The highest BCUT2D eigenvalue weighted by Gasteiger charge is 2.38. The lowest BCUT2D eigenvalue weighted by atomic mass is 10.1. The van der Waals surface area contributed by atoms with Crippen molar-refractivity contribution in [1.29, 1.82) is 0 Å². The van der Waals surface area contributed by atoms with Crippen molar-refractivity contribution in [3.63, 3.8) is 0 Å². The maximum atomic E-state index is 13.3. The number of benzene rings is 2. The van der Waals surface area contributed by atoms with Gasteiger partial charge in [0.2, 0.25) is 0 Å². The number of methoxy groups -OCH3 is 1. The third-order valence-electron chi connectivity index (χ3n) is 5.71. The summed E-state index contributed by atoms with van der Waals surface area (Å²) in [7, 11) is 1.59. The van der Waals surface area contributed by atoms with Gasteiger partial charge in [-0.3, -0.25) is 19.3 Å². The van der Waals surface area contributed by atoms with E-state index in [-0.39, 0.29) is 30.0 Å². The Kier molecular flexibility index (Phi) is 8.25. The summed E-state index contributed by atoms with van der Waals surface area (Å²) in [5.41, 5.74) is 3.89. The highest BCUT2D eigenvalue weighted by molar-refractivity contribution is 8.04. The molecular formula is C27H27N3O4S2. The summed E-state index contributed by atoms with van der Waals surface area (Å²) >= 11 is 2.60. The van der Waals surface area contributed by atoms with Gasteiger partial charge in [-0.15, -0.1) is 11.3 Å². The van der Waals surface area contributed by atoms with Gasteiger partial charge < -0.3 is 15.4 Å². The van der Waals surface area contributed by atoms with Gasteiger partial charge in [-0.1, -0.05) is 23.9 Å². The fourth-order valence-electron chi connectivity index (χ4n) is 3.62. The number of carbonyl (C=O) groups excluding carboxylic acids is 3. The molecule has 1 aliphatic heterocycles. The molecule has 2 aromatic carbocycles. The molecule has 0 bridgehead atoms. The maximum Gasteiger partial charge on any atom is 0.278 e. The fraction of sp³-hybridized carbons (Fsp3) is 0.222. The molecule has 1 aliphatic rings. The van der Waals surface area contributed by atoms with E-state index in [0.717, 1.165) is 21.7 Å². The lowest BCUT2D eigenvalue weighted by Gasteiger charge is -2.15. The van der Waals surface area contributed by atoms with Crippen LogP contribution in [0.25, 0.3) is 0 Å². The molecule has 7 nitrogen and oxygen atoms in total. The van der Waals surface area contributed by atoms with Crippen LogP contribution in [-0.4, -0.2) is 42.9 Å². The smallest absolute Gasteiger partial charge is 0.278 e. The molecule has 0 fully saturated rings. The topological polar surface area (TPSA) is 87.7 Å². The van der Waals surface area contributed by atoms with Crippen molar-refractivity contribution < 1.29 is 19.1 Å². The summed E-state index contributed by atoms with van der Waals surface area (Å²) in [6.07, 6.45) is 0.557. The fourth-order valence-corrected chi connectivity index (χ4v) is 5.18. The van der Waals surface area contributed by atoms with Crippen LogP contribution in [-0.2, 0) is 14.3 Å². The zero-order chi connectivity index (χ0) is 25.7. The first-order valence-electron chi connectivity index (χ1n) is 11.4. The highest BCUT2D eigenvalue weighted by atomic mass is 32.2. The van der Waals surface area contributed by atoms with Gasteiger partial charge in [0.25, 0.3) is 17.7 Å². The lowest BCUT2D eigenvalue weighted by molar-refractivity contribution is -0.137. The van der Waals surface area contributed by atoms with Crippen molar-refractivity contribution in [2.45, 2.75) is 25.2 Å². The van der Waals surface area contributed by atoms with Crippen molar-refractivity contribution in [3.8, 4) is 0 Å². The molecular weight excluding hydrogens is 494 g/mol. The largest absolute Gasteiger partial charge is 0.385 e. The van der Waals surface area contributed by atoms with Crippen LogP contribution in [0.2, 0.25) is 0 Å². The number of nitrogens with zero attached hydrogens (tertiary/aromatic N) is 1. The number of imide groups is 1. The Morgan fingerprint density at radius 1 is 1.00 bits per heavy atom. The van der Waals surface area contributed by atoms with Gasteiger partial charge in [-0.05, 0) is 79.2 Å². The van der Waals surface area contributed by atoms with Gasteiger partial charge in [0.1, 0.15) is 10.6 Å². The number of ether oxygens (including phenoxy) is 1. The summed E-state index contributed by atoms with van der Waals surface area (Å²) in [6, 6.07) is 16.6. The Morgan fingerprint density at radius 2 is 1.75 bits per heavy atom. The minimum Gasteiger partial charge on any atom is -0.385 e. The molecule has 3 aromatic rings. The number of aryl methyl sites for hydroxylation is 2. The molecule has 3 amide bonds. The molecule has 1 aromatic heterocycles. The Labute approximate surface area is 218 Å². The van der Waals surface area contributed by atoms with Crippen molar-refractivity contribution in [2.75, 3.05) is 30.9 Å². The van der Waals surface area contributed by atoms with E-state index in [2.05, 4.69) is 10.6 Å². The molecule has 36 heavy (non-hydrogen) atoms. The molecule has 0 unspecified atom stereocenters. The minimum absolute atomic E-state index is 0.170. The van der Waals surface area contributed by atoms with Crippen molar-refractivity contribution in [3.05, 3.63) is 86.6 Å². The number of anilines is 2. The molecule has 0 saturated carbocycles. The molecule has 0 saturated heterocycles. The SMILES string of the molecule is COCCCN1C(=O)C(Nc2ccc(C)c(C)c2)=C(Sc2ccc(NC(=O)c3cccs3)cc2)C1=O. The molecule has 2 heterocycles. The van der Waals surface area contributed by atoms with E-state index in [1.54, 1.807) is 25.3 Å². The first kappa shape index (κ1) is 25.7. The van der Waals surface area contributed by atoms with Crippen molar-refractivity contribution >= 4 is 52.2 Å². The summed E-state index contributed by atoms with van der Waals surface area (Å²) in [5.74, 6) is -0.851. The molecule has 2 N–H and O–H groups in total. The number of amides is 3. The van der Waals surface area contributed by atoms with Gasteiger partial charge in [0, 0.05) is 36.5 Å². The van der Waals surface area contributed by atoms with Crippen molar-refractivity contribution in [1.82, 2.24) is 4.90 Å². The highest BCUT2D eigenvalue weighted by Crippen LogP contribution is 2.36. The molecule has 186 valence electrons. The molecule has 0 radical (unpaired) electrons. The van der Waals surface area contributed by atoms with E-state index in [9.17, 15) is 14.4 Å². The zero-order valence-electron chi connectivity index (χ0n) is 20.3. The van der Waals surface area contributed by atoms with Crippen LogP contribution in [0.4, 0.5) is 11.4 Å². The number of thioether (sulfide) groups is 1. The van der Waals surface area contributed by atoms with Crippen LogP contribution in [0.5, 0.6) is 0 Å². The first-order chi connectivity index (χ1) is 17.4. The Hall–Kier alpha value is -3.40. The third-order valence-corrected chi connectivity index (χ3v) is 7.67. The average molecular weight is 522 g/mol. The molecule has 0 atom stereocenters. The zero-order valence-corrected chi connectivity index (χ0v) is 21.9. The van der Waals surface area contributed by atoms with E-state index < -0.39 is 0 Å². The average Bonchev–Trinajstić information content (AvgIpc) is 3.48. The summed E-state index contributed by atoms with van der Waals surface area (Å²) in [4.78, 5) is 41.8. The molecule has 0 aliphatic carbocycles. The number of thiophene rings is 1. The molecule has 4 rings (SSSR count). The summed E-state index contributed by atoms with van der Waals surface area (Å²) in [6.45, 7) is 4.76. The number of nitrogens with one attached hydrogen (secondary N) is 2. The second-order valence-electron chi connectivity index (χ2n) is 8.29. The maximum absolute atomic E-state index is 13.3. The van der Waals surface area contributed by atoms with Gasteiger partial charge in [0.15, 0.2) is 0 Å². The predicted molar refractivity (Wildman–Crippen MR) is 144 cm³/mol. The normalized spacial score (nSPS) is 13.5. The van der Waals surface area contributed by atoms with Crippen LogP contribution < -0.4 is 10.6 Å². The van der Waals surface area contributed by atoms with Gasteiger partial charge in [0.05, 0.1) is 4.88 Å². The number of rotatable bonds is 10. The first-order valence-corrected chi connectivity index (χ1v) is 13.1. The van der Waals surface area contributed by atoms with Crippen LogP contribution in [0.1, 0.15) is 27.2 Å². The van der Waals surface area contributed by atoms with Crippen LogP contribution >= 0.6 is 23.1 Å². The predicted octanol–water partition coefficient (Wildman–Crippen LogP) is 5.44. The Morgan fingerprint density at radius 3 is 2.42 bits per heavy atom. The number of hydrogen-bond acceptors (Lipinski definition) is 7. The minimum atomic E-state index is -0.350. The quantitative estimate of drug-likeness (QED) is 0.273. The summed E-state index contributed by atoms with van der Waals surface area (Å²) < 4.78 is 5.09. The van der Waals surface area contributed by atoms with E-state index in [1.807, 2.05) is 55.6 Å². The second kappa shape index (κ2) is 11.6. The van der Waals surface area contributed by atoms with Gasteiger partial charge >= 0.3 is 0 Å². The van der Waals surface area contributed by atoms with E-state index >= 15 is 0 Å². The monoisotopic (exact) mass is 521 g/mol. The summed E-state index contributed by atoms with van der Waals surface area (Å²) in [5, 5.41) is 7.91. The van der Waals surface area contributed by atoms with E-state index in [1.165, 1.54) is 28.0 Å². The van der Waals surface area contributed by atoms with E-state index in [4.69, 9.17) is 4.74 Å². The van der Waals surface area contributed by atoms with E-state index in [0.29, 0.717) is 28.5 Å². The molecule has 9 heteroatoms. The number of hydrogen-bond donors (Lipinski definition) is 2. The van der Waals surface area contributed by atoms with Crippen LogP contribution in [0.15, 0.2) is 75.5 Å².